The smallest absolute Gasteiger partial charge is 0.240 e. The second kappa shape index (κ2) is 7.75. The van der Waals surface area contributed by atoms with Gasteiger partial charge in [0.15, 0.2) is 0 Å². The van der Waals surface area contributed by atoms with Gasteiger partial charge in [-0.15, -0.1) is 0 Å². The predicted molar refractivity (Wildman–Crippen MR) is 95.8 cm³/mol. The van der Waals surface area contributed by atoms with Crippen LogP contribution in [0.4, 0.5) is 5.69 Å². The van der Waals surface area contributed by atoms with E-state index in [9.17, 15) is 4.79 Å². The molecule has 1 aliphatic rings. The summed E-state index contributed by atoms with van der Waals surface area (Å²) in [5.41, 5.74) is 6.34. The van der Waals surface area contributed by atoms with Crippen LogP contribution in [0.1, 0.15) is 33.1 Å². The molecule has 0 aromatic heterocycles. The molecule has 24 heavy (non-hydrogen) atoms. The number of hydrogen-bond donors (Lipinski definition) is 2. The zero-order chi connectivity index (χ0) is 17.7. The highest BCUT2D eigenvalue weighted by molar-refractivity contribution is 5.85. The molecule has 2 unspecified atom stereocenters. The van der Waals surface area contributed by atoms with Gasteiger partial charge in [0.25, 0.3) is 0 Å². The van der Waals surface area contributed by atoms with Crippen LogP contribution >= 0.6 is 0 Å². The number of hydrogen-bond acceptors (Lipinski definition) is 5. The van der Waals surface area contributed by atoms with Gasteiger partial charge < -0.3 is 25.4 Å². The number of carbonyl (C=O) groups is 1. The molecule has 6 nitrogen and oxygen atoms in total. The molecule has 0 aliphatic carbocycles. The van der Waals surface area contributed by atoms with Gasteiger partial charge in [-0.2, -0.15) is 0 Å². The van der Waals surface area contributed by atoms with Crippen LogP contribution in [-0.4, -0.2) is 44.8 Å². The van der Waals surface area contributed by atoms with Crippen molar-refractivity contribution in [3.63, 3.8) is 0 Å². The van der Waals surface area contributed by atoms with Crippen molar-refractivity contribution in [1.29, 1.82) is 0 Å². The first-order chi connectivity index (χ1) is 11.4. The summed E-state index contributed by atoms with van der Waals surface area (Å²) in [6.07, 6.45) is 2.47. The van der Waals surface area contributed by atoms with Gasteiger partial charge in [0, 0.05) is 43.0 Å². The minimum atomic E-state index is -0.804. The van der Waals surface area contributed by atoms with Crippen LogP contribution in [-0.2, 0) is 4.79 Å². The molecule has 6 heteroatoms. The largest absolute Gasteiger partial charge is 0.497 e. The van der Waals surface area contributed by atoms with Gasteiger partial charge in [0.1, 0.15) is 11.5 Å². The fraction of sp³-hybridized carbons (Fsp3) is 0.611. The molecule has 1 aromatic carbocycles. The van der Waals surface area contributed by atoms with E-state index in [1.807, 2.05) is 25.1 Å². The molecular formula is C18H29N3O3. The second-order valence-electron chi connectivity index (χ2n) is 6.64. The Labute approximate surface area is 144 Å². The SMILES string of the molecule is CCCC(C)(N)C(=O)NC1CCN(c2cc(OC)cc(OC)c2)C1. The molecule has 134 valence electrons. The van der Waals surface area contributed by atoms with Crippen molar-refractivity contribution in [2.45, 2.75) is 44.7 Å². The van der Waals surface area contributed by atoms with Crippen molar-refractivity contribution in [1.82, 2.24) is 5.32 Å². The molecule has 1 saturated heterocycles. The van der Waals surface area contributed by atoms with E-state index in [2.05, 4.69) is 10.2 Å². The standard InChI is InChI=1S/C18H29N3O3/c1-5-7-18(2,19)17(22)20-13-6-8-21(12-13)14-9-15(23-3)11-16(10-14)24-4/h9-11,13H,5-8,12,19H2,1-4H3,(H,20,22). The van der Waals surface area contributed by atoms with Crippen LogP contribution in [0.2, 0.25) is 0 Å². The van der Waals surface area contributed by atoms with Crippen molar-refractivity contribution in [3.8, 4) is 11.5 Å². The van der Waals surface area contributed by atoms with Gasteiger partial charge in [0.2, 0.25) is 5.91 Å². The summed E-state index contributed by atoms with van der Waals surface area (Å²) in [4.78, 5) is 14.6. The van der Waals surface area contributed by atoms with E-state index in [0.717, 1.165) is 43.1 Å². The number of benzene rings is 1. The molecule has 1 heterocycles. The van der Waals surface area contributed by atoms with E-state index in [0.29, 0.717) is 6.42 Å². The Bertz CT molecular complexity index is 552. The minimum absolute atomic E-state index is 0.0700. The number of nitrogens with one attached hydrogen (secondary N) is 1. The van der Waals surface area contributed by atoms with Gasteiger partial charge in [0.05, 0.1) is 19.8 Å². The van der Waals surface area contributed by atoms with Crippen LogP contribution in [0.5, 0.6) is 11.5 Å². The number of amides is 1. The average molecular weight is 335 g/mol. The lowest BCUT2D eigenvalue weighted by molar-refractivity contribution is -0.126. The fourth-order valence-corrected chi connectivity index (χ4v) is 3.07. The highest BCUT2D eigenvalue weighted by Crippen LogP contribution is 2.30. The molecule has 1 fully saturated rings. The molecule has 1 aromatic rings. The number of anilines is 1. The van der Waals surface area contributed by atoms with Crippen LogP contribution in [0, 0.1) is 0 Å². The first-order valence-electron chi connectivity index (χ1n) is 8.47. The zero-order valence-electron chi connectivity index (χ0n) is 15.1. The summed E-state index contributed by atoms with van der Waals surface area (Å²) < 4.78 is 10.7. The molecule has 2 rings (SSSR count). The normalized spacial score (nSPS) is 19.7. The lowest BCUT2D eigenvalue weighted by Crippen LogP contribution is -2.54. The van der Waals surface area contributed by atoms with E-state index >= 15 is 0 Å². The maximum atomic E-state index is 12.4. The number of methoxy groups -OCH3 is 2. The van der Waals surface area contributed by atoms with Crippen molar-refractivity contribution < 1.29 is 14.3 Å². The van der Waals surface area contributed by atoms with Gasteiger partial charge in [-0.25, -0.2) is 0 Å². The number of ether oxygens (including phenoxy) is 2. The van der Waals surface area contributed by atoms with Crippen LogP contribution in [0.25, 0.3) is 0 Å². The summed E-state index contributed by atoms with van der Waals surface area (Å²) in [7, 11) is 3.28. The Morgan fingerprint density at radius 2 is 1.96 bits per heavy atom. The van der Waals surface area contributed by atoms with Gasteiger partial charge in [-0.1, -0.05) is 13.3 Å². The number of nitrogens with two attached hydrogens (primary N) is 1. The third kappa shape index (κ3) is 4.32. The van der Waals surface area contributed by atoms with Crippen molar-refractivity contribution in [3.05, 3.63) is 18.2 Å². The Morgan fingerprint density at radius 3 is 2.50 bits per heavy atom. The van der Waals surface area contributed by atoms with E-state index in [1.165, 1.54) is 0 Å². The number of nitrogens with zero attached hydrogens (tertiary/aromatic N) is 1. The van der Waals surface area contributed by atoms with E-state index in [1.54, 1.807) is 21.1 Å². The number of rotatable bonds is 7. The highest BCUT2D eigenvalue weighted by atomic mass is 16.5. The maximum absolute atomic E-state index is 12.4. The van der Waals surface area contributed by atoms with E-state index in [4.69, 9.17) is 15.2 Å². The zero-order valence-corrected chi connectivity index (χ0v) is 15.1. The molecule has 2 atom stereocenters. The third-order valence-corrected chi connectivity index (χ3v) is 4.51. The van der Waals surface area contributed by atoms with Crippen molar-refractivity contribution >= 4 is 11.6 Å². The Morgan fingerprint density at radius 1 is 1.33 bits per heavy atom. The topological polar surface area (TPSA) is 76.8 Å². The minimum Gasteiger partial charge on any atom is -0.497 e. The summed E-state index contributed by atoms with van der Waals surface area (Å²) in [5.74, 6) is 1.45. The first kappa shape index (κ1) is 18.4. The lowest BCUT2D eigenvalue weighted by Gasteiger charge is -2.26. The molecule has 1 aliphatic heterocycles. The van der Waals surface area contributed by atoms with Crippen LogP contribution in [0.3, 0.4) is 0 Å². The molecular weight excluding hydrogens is 306 g/mol. The summed E-state index contributed by atoms with van der Waals surface area (Å²) in [5, 5.41) is 3.09. The molecule has 0 radical (unpaired) electrons. The quantitative estimate of drug-likeness (QED) is 0.796. The van der Waals surface area contributed by atoms with E-state index < -0.39 is 5.54 Å². The Hall–Kier alpha value is -1.95. The average Bonchev–Trinajstić information content (AvgIpc) is 3.02. The summed E-state index contributed by atoms with van der Waals surface area (Å²) >= 11 is 0. The van der Waals surface area contributed by atoms with Gasteiger partial charge >= 0.3 is 0 Å². The van der Waals surface area contributed by atoms with Gasteiger partial charge in [-0.3, -0.25) is 4.79 Å². The third-order valence-electron chi connectivity index (χ3n) is 4.51. The highest BCUT2D eigenvalue weighted by Gasteiger charge is 2.31. The molecule has 1 amide bonds. The summed E-state index contributed by atoms with van der Waals surface area (Å²) in [6, 6.07) is 5.92. The fourth-order valence-electron chi connectivity index (χ4n) is 3.07. The molecule has 3 N–H and O–H groups in total. The van der Waals surface area contributed by atoms with Crippen LogP contribution < -0.4 is 25.4 Å². The van der Waals surface area contributed by atoms with E-state index in [-0.39, 0.29) is 11.9 Å². The molecule has 0 saturated carbocycles. The molecule has 0 spiro atoms. The summed E-state index contributed by atoms with van der Waals surface area (Å²) in [6.45, 7) is 5.46. The van der Waals surface area contributed by atoms with Crippen molar-refractivity contribution in [2.75, 3.05) is 32.2 Å². The number of carbonyl (C=O) groups excluding carboxylic acids is 1. The Balaban J connectivity index is 2.02. The second-order valence-corrected chi connectivity index (χ2v) is 6.64. The monoisotopic (exact) mass is 335 g/mol. The maximum Gasteiger partial charge on any atom is 0.240 e. The van der Waals surface area contributed by atoms with Gasteiger partial charge in [-0.05, 0) is 19.8 Å². The molecule has 0 bridgehead atoms. The Kier molecular flexibility index (Phi) is 5.94. The van der Waals surface area contributed by atoms with Crippen molar-refractivity contribution in [2.24, 2.45) is 5.73 Å². The lowest BCUT2D eigenvalue weighted by atomic mass is 9.96. The first-order valence-corrected chi connectivity index (χ1v) is 8.47. The predicted octanol–water partition coefficient (Wildman–Crippen LogP) is 1.92. The van der Waals surface area contributed by atoms with Crippen LogP contribution in [0.15, 0.2) is 18.2 Å².